The van der Waals surface area contributed by atoms with E-state index in [0.29, 0.717) is 12.8 Å². The Hall–Kier alpha value is -1.30. The van der Waals surface area contributed by atoms with Gasteiger partial charge in [0.1, 0.15) is 5.54 Å². The van der Waals surface area contributed by atoms with E-state index in [4.69, 9.17) is 5.73 Å². The molecule has 0 bridgehead atoms. The van der Waals surface area contributed by atoms with Gasteiger partial charge in [0.2, 0.25) is 0 Å². The number of nitrogens with one attached hydrogen (secondary N) is 2. The van der Waals surface area contributed by atoms with Gasteiger partial charge in [-0.1, -0.05) is 25.7 Å². The number of urea groups is 1. The predicted molar refractivity (Wildman–Crippen MR) is 70.7 cm³/mol. The van der Waals surface area contributed by atoms with Gasteiger partial charge in [-0.25, -0.2) is 9.59 Å². The Labute approximate surface area is 113 Å². The first-order valence-corrected chi connectivity index (χ1v) is 7.11. The van der Waals surface area contributed by atoms with Crippen LogP contribution in [0.4, 0.5) is 4.79 Å². The van der Waals surface area contributed by atoms with E-state index in [-0.39, 0.29) is 12.1 Å². The number of nitrogens with two attached hydrogens (primary N) is 1. The van der Waals surface area contributed by atoms with Crippen LogP contribution in [0.1, 0.15) is 51.4 Å². The maximum Gasteiger partial charge on any atom is 0.329 e. The predicted octanol–water partition coefficient (Wildman–Crippen LogP) is 0.953. The molecule has 2 unspecified atom stereocenters. The minimum absolute atomic E-state index is 0.0242. The molecule has 6 nitrogen and oxygen atoms in total. The molecule has 0 saturated heterocycles. The van der Waals surface area contributed by atoms with Crippen molar-refractivity contribution < 1.29 is 14.7 Å². The lowest BCUT2D eigenvalue weighted by Crippen LogP contribution is -2.59. The monoisotopic (exact) mass is 269 g/mol. The number of carbonyl (C=O) groups is 2. The third kappa shape index (κ3) is 3.18. The maximum atomic E-state index is 12.0. The molecular formula is C13H23N3O3. The highest BCUT2D eigenvalue weighted by Gasteiger charge is 2.43. The standard InChI is InChI=1S/C13H23N3O3/c14-9-5-1-2-6-10(9)15-12(19)16-13(11(17)18)7-3-4-8-13/h9-10H,1-8,14H2,(H,17,18)(H2,15,16,19). The lowest BCUT2D eigenvalue weighted by atomic mass is 9.91. The number of carboxylic acid groups (broad SMARTS) is 1. The number of carboxylic acids is 1. The van der Waals surface area contributed by atoms with Gasteiger partial charge in [0.05, 0.1) is 0 Å². The molecule has 0 heterocycles. The van der Waals surface area contributed by atoms with E-state index in [1.165, 1.54) is 0 Å². The van der Waals surface area contributed by atoms with Crippen molar-refractivity contribution in [2.24, 2.45) is 5.73 Å². The van der Waals surface area contributed by atoms with E-state index in [0.717, 1.165) is 38.5 Å². The molecule has 5 N–H and O–H groups in total. The summed E-state index contributed by atoms with van der Waals surface area (Å²) < 4.78 is 0. The molecule has 2 aliphatic rings. The summed E-state index contributed by atoms with van der Waals surface area (Å²) in [4.78, 5) is 23.3. The Morgan fingerprint density at radius 3 is 2.32 bits per heavy atom. The van der Waals surface area contributed by atoms with Crippen LogP contribution in [0.2, 0.25) is 0 Å². The number of carbonyl (C=O) groups excluding carboxylic acids is 1. The van der Waals surface area contributed by atoms with Crippen LogP contribution < -0.4 is 16.4 Å². The zero-order valence-electron chi connectivity index (χ0n) is 11.2. The molecule has 2 amide bonds. The molecule has 0 aliphatic heterocycles. The zero-order valence-corrected chi connectivity index (χ0v) is 11.2. The van der Waals surface area contributed by atoms with Gasteiger partial charge in [-0.2, -0.15) is 0 Å². The van der Waals surface area contributed by atoms with Gasteiger partial charge in [-0.05, 0) is 25.7 Å². The Morgan fingerprint density at radius 2 is 1.74 bits per heavy atom. The van der Waals surface area contributed by atoms with Crippen molar-refractivity contribution in [3.05, 3.63) is 0 Å². The number of amides is 2. The summed E-state index contributed by atoms with van der Waals surface area (Å²) >= 11 is 0. The summed E-state index contributed by atoms with van der Waals surface area (Å²) in [7, 11) is 0. The lowest BCUT2D eigenvalue weighted by molar-refractivity contribution is -0.144. The molecule has 108 valence electrons. The Bertz CT molecular complexity index is 353. The maximum absolute atomic E-state index is 12.0. The van der Waals surface area contributed by atoms with Crippen LogP contribution in [0.25, 0.3) is 0 Å². The molecule has 19 heavy (non-hydrogen) atoms. The first kappa shape index (κ1) is 14.1. The zero-order chi connectivity index (χ0) is 13.9. The fraction of sp³-hybridized carbons (Fsp3) is 0.846. The fourth-order valence-electron chi connectivity index (χ4n) is 3.13. The van der Waals surface area contributed by atoms with Gasteiger partial charge < -0.3 is 21.5 Å². The van der Waals surface area contributed by atoms with Crippen LogP contribution in [0.5, 0.6) is 0 Å². The molecule has 0 aromatic carbocycles. The Kier molecular flexibility index (Phi) is 4.29. The number of rotatable bonds is 3. The van der Waals surface area contributed by atoms with Crippen molar-refractivity contribution in [3.8, 4) is 0 Å². The smallest absolute Gasteiger partial charge is 0.329 e. The molecule has 0 radical (unpaired) electrons. The quantitative estimate of drug-likeness (QED) is 0.612. The van der Waals surface area contributed by atoms with Crippen molar-refractivity contribution in [3.63, 3.8) is 0 Å². The lowest BCUT2D eigenvalue weighted by Gasteiger charge is -2.31. The van der Waals surface area contributed by atoms with Gasteiger partial charge in [-0.3, -0.25) is 0 Å². The highest BCUT2D eigenvalue weighted by molar-refractivity contribution is 5.86. The summed E-state index contributed by atoms with van der Waals surface area (Å²) in [5, 5.41) is 14.8. The minimum Gasteiger partial charge on any atom is -0.480 e. The molecule has 0 spiro atoms. The normalized spacial score (nSPS) is 29.7. The highest BCUT2D eigenvalue weighted by Crippen LogP contribution is 2.29. The largest absolute Gasteiger partial charge is 0.480 e. The van der Waals surface area contributed by atoms with Gasteiger partial charge in [-0.15, -0.1) is 0 Å². The molecular weight excluding hydrogens is 246 g/mol. The molecule has 2 rings (SSSR count). The average Bonchev–Trinajstić information content (AvgIpc) is 2.82. The first-order chi connectivity index (χ1) is 9.03. The van der Waals surface area contributed by atoms with Crippen LogP contribution in [0.3, 0.4) is 0 Å². The molecule has 2 aliphatic carbocycles. The molecule has 6 heteroatoms. The second-order valence-corrected chi connectivity index (χ2v) is 5.75. The number of hydrogen-bond acceptors (Lipinski definition) is 3. The van der Waals surface area contributed by atoms with Crippen LogP contribution >= 0.6 is 0 Å². The van der Waals surface area contributed by atoms with E-state index >= 15 is 0 Å². The molecule has 2 atom stereocenters. The third-order valence-electron chi connectivity index (χ3n) is 4.36. The summed E-state index contributed by atoms with van der Waals surface area (Å²) in [5.41, 5.74) is 4.89. The van der Waals surface area contributed by atoms with E-state index in [2.05, 4.69) is 10.6 Å². The first-order valence-electron chi connectivity index (χ1n) is 7.11. The Balaban J connectivity index is 1.91. The summed E-state index contributed by atoms with van der Waals surface area (Å²) in [5.74, 6) is -0.937. The second kappa shape index (κ2) is 5.77. The van der Waals surface area contributed by atoms with Gasteiger partial charge in [0.25, 0.3) is 0 Å². The third-order valence-corrected chi connectivity index (χ3v) is 4.36. The molecule has 2 saturated carbocycles. The Morgan fingerprint density at radius 1 is 1.11 bits per heavy atom. The van der Waals surface area contributed by atoms with Crippen LogP contribution in [-0.4, -0.2) is 34.7 Å². The van der Waals surface area contributed by atoms with E-state index in [1.54, 1.807) is 0 Å². The fourth-order valence-corrected chi connectivity index (χ4v) is 3.13. The van der Waals surface area contributed by atoms with Crippen molar-refractivity contribution in [2.75, 3.05) is 0 Å². The van der Waals surface area contributed by atoms with Crippen LogP contribution in [0.15, 0.2) is 0 Å². The molecule has 0 aromatic rings. The summed E-state index contributed by atoms with van der Waals surface area (Å²) in [6.45, 7) is 0. The van der Waals surface area contributed by atoms with Crippen molar-refractivity contribution in [2.45, 2.75) is 69.0 Å². The van der Waals surface area contributed by atoms with Crippen LogP contribution in [0, 0.1) is 0 Å². The highest BCUT2D eigenvalue weighted by atomic mass is 16.4. The van der Waals surface area contributed by atoms with E-state index < -0.39 is 17.5 Å². The average molecular weight is 269 g/mol. The van der Waals surface area contributed by atoms with Crippen molar-refractivity contribution >= 4 is 12.0 Å². The number of aliphatic carboxylic acids is 1. The number of hydrogen-bond donors (Lipinski definition) is 4. The van der Waals surface area contributed by atoms with Gasteiger partial charge >= 0.3 is 12.0 Å². The van der Waals surface area contributed by atoms with E-state index in [1.807, 2.05) is 0 Å². The minimum atomic E-state index is -1.08. The topological polar surface area (TPSA) is 104 Å². The van der Waals surface area contributed by atoms with Crippen molar-refractivity contribution in [1.82, 2.24) is 10.6 Å². The SMILES string of the molecule is NC1CCCCC1NC(=O)NC1(C(=O)O)CCCC1. The molecule has 2 fully saturated rings. The summed E-state index contributed by atoms with van der Waals surface area (Å²) in [6.07, 6.45) is 6.64. The van der Waals surface area contributed by atoms with Crippen LogP contribution in [-0.2, 0) is 4.79 Å². The second-order valence-electron chi connectivity index (χ2n) is 5.75. The van der Waals surface area contributed by atoms with Crippen molar-refractivity contribution in [1.29, 1.82) is 0 Å². The van der Waals surface area contributed by atoms with Gasteiger partial charge in [0.15, 0.2) is 0 Å². The summed E-state index contributed by atoms with van der Waals surface area (Å²) in [6, 6.07) is -0.462. The molecule has 0 aromatic heterocycles. The van der Waals surface area contributed by atoms with Gasteiger partial charge in [0, 0.05) is 12.1 Å². The van der Waals surface area contributed by atoms with E-state index in [9.17, 15) is 14.7 Å².